The summed E-state index contributed by atoms with van der Waals surface area (Å²) in [6.45, 7) is 5.43. The van der Waals surface area contributed by atoms with E-state index in [1.54, 1.807) is 4.90 Å². The van der Waals surface area contributed by atoms with Crippen LogP contribution >= 0.6 is 0 Å². The van der Waals surface area contributed by atoms with E-state index < -0.39 is 11.8 Å². The first kappa shape index (κ1) is 12.0. The molecule has 0 aromatic rings. The van der Waals surface area contributed by atoms with Gasteiger partial charge in [0, 0.05) is 32.7 Å². The second-order valence-electron chi connectivity index (χ2n) is 3.65. The van der Waals surface area contributed by atoms with Gasteiger partial charge in [0.05, 0.1) is 0 Å². The first-order chi connectivity index (χ1) is 7.25. The number of nitrogens with one attached hydrogen (secondary N) is 2. The zero-order valence-corrected chi connectivity index (χ0v) is 9.21. The molecule has 2 N–H and O–H groups in total. The average molecular weight is 213 g/mol. The summed E-state index contributed by atoms with van der Waals surface area (Å²) in [5.41, 5.74) is 0. The van der Waals surface area contributed by atoms with Crippen LogP contribution in [0.15, 0.2) is 0 Å². The summed E-state index contributed by atoms with van der Waals surface area (Å²) >= 11 is 0. The molecule has 1 aliphatic rings. The largest absolute Gasteiger partial charge is 0.348 e. The molecule has 0 radical (unpaired) electrons. The van der Waals surface area contributed by atoms with Crippen LogP contribution in [0.1, 0.15) is 19.8 Å². The Morgan fingerprint density at radius 2 is 2.00 bits per heavy atom. The summed E-state index contributed by atoms with van der Waals surface area (Å²) in [7, 11) is 0. The Morgan fingerprint density at radius 3 is 2.60 bits per heavy atom. The van der Waals surface area contributed by atoms with Gasteiger partial charge in [-0.3, -0.25) is 9.59 Å². The van der Waals surface area contributed by atoms with Crippen LogP contribution in [0.2, 0.25) is 0 Å². The molecular formula is C10H19N3O2. The summed E-state index contributed by atoms with van der Waals surface area (Å²) in [6.07, 6.45) is 1.93. The molecule has 1 aliphatic heterocycles. The maximum Gasteiger partial charge on any atom is 0.311 e. The molecule has 0 bridgehead atoms. The number of piperazine rings is 1. The van der Waals surface area contributed by atoms with E-state index in [0.717, 1.165) is 25.9 Å². The van der Waals surface area contributed by atoms with Crippen LogP contribution < -0.4 is 10.6 Å². The molecule has 15 heavy (non-hydrogen) atoms. The fourth-order valence-electron chi connectivity index (χ4n) is 1.47. The number of carbonyl (C=O) groups is 2. The third kappa shape index (κ3) is 3.87. The topological polar surface area (TPSA) is 61.4 Å². The van der Waals surface area contributed by atoms with Gasteiger partial charge in [-0.1, -0.05) is 13.3 Å². The van der Waals surface area contributed by atoms with Gasteiger partial charge >= 0.3 is 11.8 Å². The molecule has 0 unspecified atom stereocenters. The molecule has 2 amide bonds. The van der Waals surface area contributed by atoms with Crippen LogP contribution in [0.4, 0.5) is 0 Å². The van der Waals surface area contributed by atoms with Crippen LogP contribution in [-0.4, -0.2) is 49.4 Å². The maximum atomic E-state index is 11.6. The predicted octanol–water partition coefficient (Wildman–Crippen LogP) is -0.665. The smallest absolute Gasteiger partial charge is 0.311 e. The number of hydrogen-bond acceptors (Lipinski definition) is 3. The van der Waals surface area contributed by atoms with Gasteiger partial charge in [0.2, 0.25) is 0 Å². The fourth-order valence-corrected chi connectivity index (χ4v) is 1.47. The van der Waals surface area contributed by atoms with Crippen molar-refractivity contribution in [3.63, 3.8) is 0 Å². The third-order valence-electron chi connectivity index (χ3n) is 2.41. The molecule has 5 heteroatoms. The molecule has 0 atom stereocenters. The Labute approximate surface area is 90.2 Å². The molecule has 1 saturated heterocycles. The van der Waals surface area contributed by atoms with Gasteiger partial charge in [0.25, 0.3) is 0 Å². The molecule has 0 saturated carbocycles. The molecule has 0 spiro atoms. The highest BCUT2D eigenvalue weighted by molar-refractivity contribution is 6.35. The summed E-state index contributed by atoms with van der Waals surface area (Å²) in [5.74, 6) is -0.863. The minimum Gasteiger partial charge on any atom is -0.348 e. The van der Waals surface area contributed by atoms with Crippen molar-refractivity contribution in [3.05, 3.63) is 0 Å². The number of unbranched alkanes of at least 4 members (excludes halogenated alkanes) is 1. The zero-order chi connectivity index (χ0) is 11.1. The van der Waals surface area contributed by atoms with Crippen molar-refractivity contribution in [2.24, 2.45) is 0 Å². The van der Waals surface area contributed by atoms with Gasteiger partial charge in [-0.05, 0) is 6.42 Å². The molecular weight excluding hydrogens is 194 g/mol. The number of hydrogen-bond donors (Lipinski definition) is 2. The quantitative estimate of drug-likeness (QED) is 0.483. The Morgan fingerprint density at radius 1 is 1.33 bits per heavy atom. The Kier molecular flexibility index (Phi) is 5.10. The van der Waals surface area contributed by atoms with Crippen molar-refractivity contribution in [2.75, 3.05) is 32.7 Å². The molecule has 0 aromatic heterocycles. The van der Waals surface area contributed by atoms with Crippen LogP contribution in [0, 0.1) is 0 Å². The van der Waals surface area contributed by atoms with Crippen LogP contribution in [0.25, 0.3) is 0 Å². The Balaban J connectivity index is 2.28. The fraction of sp³-hybridized carbons (Fsp3) is 0.800. The molecule has 5 nitrogen and oxygen atoms in total. The zero-order valence-electron chi connectivity index (χ0n) is 9.21. The molecule has 0 aliphatic carbocycles. The minimum atomic E-state index is -0.467. The predicted molar refractivity (Wildman–Crippen MR) is 57.4 cm³/mol. The van der Waals surface area contributed by atoms with E-state index in [0.29, 0.717) is 19.6 Å². The highest BCUT2D eigenvalue weighted by Crippen LogP contribution is 1.93. The average Bonchev–Trinajstić information content (AvgIpc) is 2.29. The number of nitrogens with zero attached hydrogens (tertiary/aromatic N) is 1. The lowest BCUT2D eigenvalue weighted by molar-refractivity contribution is -0.146. The van der Waals surface area contributed by atoms with Crippen molar-refractivity contribution in [1.29, 1.82) is 0 Å². The molecule has 0 aromatic carbocycles. The van der Waals surface area contributed by atoms with Crippen molar-refractivity contribution < 1.29 is 9.59 Å². The summed E-state index contributed by atoms with van der Waals surface area (Å²) < 4.78 is 0. The standard InChI is InChI=1S/C10H19N3O2/c1-2-3-4-12-9(14)10(15)13-7-5-11-6-8-13/h11H,2-8H2,1H3,(H,12,14). The molecule has 1 fully saturated rings. The monoisotopic (exact) mass is 213 g/mol. The SMILES string of the molecule is CCCCNC(=O)C(=O)N1CCNCC1. The summed E-state index contributed by atoms with van der Waals surface area (Å²) in [6, 6.07) is 0. The van der Waals surface area contributed by atoms with Crippen molar-refractivity contribution >= 4 is 11.8 Å². The Bertz CT molecular complexity index is 225. The number of amides is 2. The lowest BCUT2D eigenvalue weighted by Gasteiger charge is -2.26. The van der Waals surface area contributed by atoms with Crippen molar-refractivity contribution in [1.82, 2.24) is 15.5 Å². The lowest BCUT2D eigenvalue weighted by Crippen LogP contribution is -2.51. The van der Waals surface area contributed by atoms with Gasteiger partial charge in [0.1, 0.15) is 0 Å². The normalized spacial score (nSPS) is 16.2. The van der Waals surface area contributed by atoms with Gasteiger partial charge in [0.15, 0.2) is 0 Å². The van der Waals surface area contributed by atoms with E-state index in [1.807, 2.05) is 6.92 Å². The molecule has 86 valence electrons. The van der Waals surface area contributed by atoms with Gasteiger partial charge < -0.3 is 15.5 Å². The molecule has 1 rings (SSSR count). The maximum absolute atomic E-state index is 11.6. The number of carbonyl (C=O) groups excluding carboxylic acids is 2. The van der Waals surface area contributed by atoms with Crippen LogP contribution in [-0.2, 0) is 9.59 Å². The summed E-state index contributed by atoms with van der Waals surface area (Å²) in [5, 5.41) is 5.77. The highest BCUT2D eigenvalue weighted by Gasteiger charge is 2.22. The van der Waals surface area contributed by atoms with Gasteiger partial charge in [-0.2, -0.15) is 0 Å². The Hall–Kier alpha value is -1.10. The molecule has 1 heterocycles. The van der Waals surface area contributed by atoms with E-state index >= 15 is 0 Å². The number of rotatable bonds is 3. The second-order valence-corrected chi connectivity index (χ2v) is 3.65. The lowest BCUT2D eigenvalue weighted by atomic mass is 10.3. The van der Waals surface area contributed by atoms with Crippen LogP contribution in [0.5, 0.6) is 0 Å². The van der Waals surface area contributed by atoms with E-state index in [-0.39, 0.29) is 0 Å². The first-order valence-electron chi connectivity index (χ1n) is 5.53. The van der Waals surface area contributed by atoms with E-state index in [1.165, 1.54) is 0 Å². The van der Waals surface area contributed by atoms with Crippen molar-refractivity contribution in [3.8, 4) is 0 Å². The second kappa shape index (κ2) is 6.40. The van der Waals surface area contributed by atoms with E-state index in [2.05, 4.69) is 10.6 Å². The first-order valence-corrected chi connectivity index (χ1v) is 5.53. The van der Waals surface area contributed by atoms with Gasteiger partial charge in [-0.25, -0.2) is 0 Å². The van der Waals surface area contributed by atoms with Crippen LogP contribution in [0.3, 0.4) is 0 Å². The minimum absolute atomic E-state index is 0.396. The van der Waals surface area contributed by atoms with E-state index in [4.69, 9.17) is 0 Å². The highest BCUT2D eigenvalue weighted by atomic mass is 16.2. The van der Waals surface area contributed by atoms with E-state index in [9.17, 15) is 9.59 Å². The third-order valence-corrected chi connectivity index (χ3v) is 2.41. The van der Waals surface area contributed by atoms with Crippen molar-refractivity contribution in [2.45, 2.75) is 19.8 Å². The van der Waals surface area contributed by atoms with Gasteiger partial charge in [-0.15, -0.1) is 0 Å². The summed E-state index contributed by atoms with van der Waals surface area (Å²) in [4.78, 5) is 24.6.